The zero-order valence-corrected chi connectivity index (χ0v) is 21.3. The number of carbonyl (C=O) groups is 1. The Kier molecular flexibility index (Phi) is 25.1. The molecule has 196 valence electrons. The highest BCUT2D eigenvalue weighted by Crippen LogP contribution is 2.10. The molecule has 1 amide bonds. The number of aliphatic hydroxyl groups is 2. The number of ether oxygens (including phenoxy) is 2. The van der Waals surface area contributed by atoms with Gasteiger partial charge in [-0.1, -0.05) is 36.5 Å². The first-order chi connectivity index (χ1) is 16.0. The Bertz CT molecular complexity index is 583. The summed E-state index contributed by atoms with van der Waals surface area (Å²) in [6, 6.07) is 0. The van der Waals surface area contributed by atoms with Crippen molar-refractivity contribution in [3.8, 4) is 0 Å². The van der Waals surface area contributed by atoms with Crippen molar-refractivity contribution in [3.05, 3.63) is 75.9 Å². The first kappa shape index (κ1) is 36.1. The van der Waals surface area contributed by atoms with E-state index in [4.69, 9.17) is 20.3 Å². The third-order valence-electron chi connectivity index (χ3n) is 3.38. The van der Waals surface area contributed by atoms with E-state index >= 15 is 0 Å². The van der Waals surface area contributed by atoms with Gasteiger partial charge in [0.05, 0.1) is 31.5 Å². The van der Waals surface area contributed by atoms with Crippen LogP contribution in [0.4, 0.5) is 4.79 Å². The maximum Gasteiger partial charge on any atom is 0.410 e. The largest absolute Gasteiger partial charge is 0.444 e. The summed E-state index contributed by atoms with van der Waals surface area (Å²) in [4.78, 5) is 13.1. The topological polar surface area (TPSA) is 121 Å². The van der Waals surface area contributed by atoms with Gasteiger partial charge < -0.3 is 35.6 Å². The average Bonchev–Trinajstić information content (AvgIpc) is 3.63. The summed E-state index contributed by atoms with van der Waals surface area (Å²) in [7, 11) is 0. The van der Waals surface area contributed by atoms with Crippen LogP contribution in [0.15, 0.2) is 75.9 Å². The maximum atomic E-state index is 11.7. The Morgan fingerprint density at radius 3 is 1.94 bits per heavy atom. The summed E-state index contributed by atoms with van der Waals surface area (Å²) in [5.41, 5.74) is 4.36. The van der Waals surface area contributed by atoms with E-state index in [9.17, 15) is 9.90 Å². The smallest absolute Gasteiger partial charge is 0.410 e. The second-order valence-electron chi connectivity index (χ2n) is 7.86. The van der Waals surface area contributed by atoms with Crippen LogP contribution in [0.1, 0.15) is 20.8 Å². The molecule has 0 aliphatic carbocycles. The van der Waals surface area contributed by atoms with E-state index in [0.717, 1.165) is 13.2 Å². The second-order valence-corrected chi connectivity index (χ2v) is 7.86. The number of epoxide rings is 1. The number of hydrogen-bond acceptors (Lipinski definition) is 7. The van der Waals surface area contributed by atoms with Gasteiger partial charge in [-0.3, -0.25) is 0 Å². The third-order valence-corrected chi connectivity index (χ3v) is 3.38. The van der Waals surface area contributed by atoms with Gasteiger partial charge in [0.15, 0.2) is 0 Å². The van der Waals surface area contributed by atoms with E-state index in [1.165, 1.54) is 17.1 Å². The van der Waals surface area contributed by atoms with E-state index in [1.54, 1.807) is 45.1 Å². The van der Waals surface area contributed by atoms with Crippen molar-refractivity contribution >= 4 is 6.09 Å². The molecule has 3 atom stereocenters. The normalized spacial score (nSPS) is 14.9. The Labute approximate surface area is 206 Å². The molecular weight excluding hydrogens is 434 g/mol. The van der Waals surface area contributed by atoms with Crippen molar-refractivity contribution in [2.24, 2.45) is 5.73 Å². The lowest BCUT2D eigenvalue weighted by Crippen LogP contribution is -2.40. The summed E-state index contributed by atoms with van der Waals surface area (Å²) in [6.07, 6.45) is 8.40. The molecule has 0 aromatic heterocycles. The molecular formula is C26H47N3O5. The predicted molar refractivity (Wildman–Crippen MR) is 143 cm³/mol. The zero-order valence-electron chi connectivity index (χ0n) is 21.3. The average molecular weight is 482 g/mol. The number of carbonyl (C=O) groups excluding carboxylic acids is 1. The van der Waals surface area contributed by atoms with Crippen LogP contribution >= 0.6 is 0 Å². The van der Waals surface area contributed by atoms with Crippen molar-refractivity contribution in [1.29, 1.82) is 0 Å². The van der Waals surface area contributed by atoms with E-state index in [1.807, 2.05) is 0 Å². The monoisotopic (exact) mass is 481 g/mol. The fourth-order valence-corrected chi connectivity index (χ4v) is 1.61. The number of nitrogens with zero attached hydrogens (tertiary/aromatic N) is 1. The van der Waals surface area contributed by atoms with Gasteiger partial charge in [0.1, 0.15) is 5.60 Å². The highest BCUT2D eigenvalue weighted by atomic mass is 16.6. The summed E-state index contributed by atoms with van der Waals surface area (Å²) < 4.78 is 9.93. The third kappa shape index (κ3) is 29.5. The highest BCUT2D eigenvalue weighted by Gasteiger charge is 2.22. The van der Waals surface area contributed by atoms with Crippen LogP contribution in [0.3, 0.4) is 0 Å². The minimum Gasteiger partial charge on any atom is -0.444 e. The first-order valence-electron chi connectivity index (χ1n) is 11.0. The van der Waals surface area contributed by atoms with Gasteiger partial charge >= 0.3 is 6.09 Å². The van der Waals surface area contributed by atoms with Crippen LogP contribution in [-0.4, -0.2) is 84.4 Å². The molecule has 1 aliphatic heterocycles. The van der Waals surface area contributed by atoms with Crippen LogP contribution < -0.4 is 11.1 Å². The molecule has 8 nitrogen and oxygen atoms in total. The summed E-state index contributed by atoms with van der Waals surface area (Å²) in [6.45, 7) is 29.4. The van der Waals surface area contributed by atoms with Crippen molar-refractivity contribution in [2.45, 2.75) is 44.7 Å². The Morgan fingerprint density at radius 2 is 1.65 bits per heavy atom. The SMILES string of the molecule is C=CC1CO1.C=CCN.C=CCN(CC(O)C=C)C(=O)OC(C)(C)C.C=CCNCC(O)C=C. The van der Waals surface area contributed by atoms with E-state index in [-0.39, 0.29) is 6.54 Å². The van der Waals surface area contributed by atoms with Gasteiger partial charge in [-0.25, -0.2) is 4.79 Å². The molecule has 1 heterocycles. The quantitative estimate of drug-likeness (QED) is 0.192. The molecule has 1 aliphatic rings. The molecule has 0 spiro atoms. The van der Waals surface area contributed by atoms with Gasteiger partial charge in [-0.15, -0.1) is 39.5 Å². The number of aliphatic hydroxyl groups excluding tert-OH is 2. The van der Waals surface area contributed by atoms with Crippen molar-refractivity contribution in [3.63, 3.8) is 0 Å². The Morgan fingerprint density at radius 1 is 1.12 bits per heavy atom. The van der Waals surface area contributed by atoms with Gasteiger partial charge in [0.2, 0.25) is 0 Å². The van der Waals surface area contributed by atoms with Crippen molar-refractivity contribution in [1.82, 2.24) is 10.2 Å². The number of nitrogens with two attached hydrogens (primary N) is 1. The van der Waals surface area contributed by atoms with Gasteiger partial charge in [-0.05, 0) is 20.8 Å². The lowest BCUT2D eigenvalue weighted by molar-refractivity contribution is 0.0207. The van der Waals surface area contributed by atoms with Crippen molar-refractivity contribution < 1.29 is 24.5 Å². The van der Waals surface area contributed by atoms with Crippen LogP contribution in [0, 0.1) is 0 Å². The van der Waals surface area contributed by atoms with Crippen LogP contribution in [0.2, 0.25) is 0 Å². The number of amides is 1. The standard InChI is InChI=1S/C12H21NO3.C7H13NO.C4H6O.C3H7N/c1-6-8-13(9-10(14)7-2)11(15)16-12(3,4)5;1-3-5-8-6-7(9)4-2;1-2-4-3-5-4;1-2-3-4/h6-7,10,14H,1-2,8-9H2,3-5H3;3-4,7-9H,1-2,5-6H2;2,4H,1,3H2;2H,1,3-4H2. The van der Waals surface area contributed by atoms with Gasteiger partial charge in [0.25, 0.3) is 0 Å². The molecule has 0 aromatic carbocycles. The van der Waals surface area contributed by atoms with E-state index in [0.29, 0.717) is 25.7 Å². The molecule has 5 N–H and O–H groups in total. The molecule has 0 bridgehead atoms. The molecule has 3 unspecified atom stereocenters. The lowest BCUT2D eigenvalue weighted by Gasteiger charge is -2.27. The molecule has 8 heteroatoms. The molecule has 1 rings (SSSR count). The number of hydrogen-bond donors (Lipinski definition) is 4. The minimum absolute atomic E-state index is 0.157. The summed E-state index contributed by atoms with van der Waals surface area (Å²) in [5, 5.41) is 21.2. The van der Waals surface area contributed by atoms with Crippen molar-refractivity contribution in [2.75, 3.05) is 39.3 Å². The molecule has 0 saturated carbocycles. The van der Waals surface area contributed by atoms with Crippen LogP contribution in [-0.2, 0) is 9.47 Å². The van der Waals surface area contributed by atoms with Crippen LogP contribution in [0.5, 0.6) is 0 Å². The van der Waals surface area contributed by atoms with Crippen LogP contribution in [0.25, 0.3) is 0 Å². The maximum absolute atomic E-state index is 11.7. The Balaban J connectivity index is -0.000000442. The van der Waals surface area contributed by atoms with E-state index in [2.05, 4.69) is 44.8 Å². The minimum atomic E-state index is -0.757. The summed E-state index contributed by atoms with van der Waals surface area (Å²) >= 11 is 0. The molecule has 1 saturated heterocycles. The van der Waals surface area contributed by atoms with Gasteiger partial charge in [-0.2, -0.15) is 0 Å². The Hall–Kier alpha value is -2.49. The number of nitrogens with one attached hydrogen (secondary N) is 1. The fraction of sp³-hybridized carbons (Fsp3) is 0.500. The molecule has 34 heavy (non-hydrogen) atoms. The first-order valence-corrected chi connectivity index (χ1v) is 11.0. The fourth-order valence-electron chi connectivity index (χ4n) is 1.61. The van der Waals surface area contributed by atoms with E-state index < -0.39 is 23.9 Å². The lowest BCUT2D eigenvalue weighted by atomic mass is 10.2. The number of rotatable bonds is 12. The molecule has 0 aromatic rings. The predicted octanol–water partition coefficient (Wildman–Crippen LogP) is 2.97. The molecule has 0 radical (unpaired) electrons. The second kappa shape index (κ2) is 23.7. The summed E-state index contributed by atoms with van der Waals surface area (Å²) in [5.74, 6) is 0. The highest BCUT2D eigenvalue weighted by molar-refractivity contribution is 5.68. The molecule has 1 fully saturated rings. The van der Waals surface area contributed by atoms with Gasteiger partial charge in [0, 0.05) is 26.2 Å². The zero-order chi connectivity index (χ0) is 27.0.